The maximum Gasteiger partial charge on any atom is 0.0970 e. The minimum absolute atomic E-state index is 0. The van der Waals surface area contributed by atoms with Gasteiger partial charge in [0.1, 0.15) is 0 Å². The molecule has 3 aromatic rings. The molecule has 0 aromatic carbocycles. The molecule has 1 N–H and O–H groups in total. The molecule has 126 valence electrons. The third-order valence-electron chi connectivity index (χ3n) is 4.69. The van der Waals surface area contributed by atoms with Crippen LogP contribution in [0.25, 0.3) is 10.9 Å². The highest BCUT2D eigenvalue weighted by molar-refractivity contribution is 5.85. The van der Waals surface area contributed by atoms with Gasteiger partial charge in [0.05, 0.1) is 24.4 Å². The smallest absolute Gasteiger partial charge is 0.0970 e. The zero-order valence-electron chi connectivity index (χ0n) is 13.2. The Bertz CT molecular complexity index is 828. The molecule has 0 spiro atoms. The summed E-state index contributed by atoms with van der Waals surface area (Å²) in [6.07, 6.45) is 7.66. The number of aliphatic hydroxyl groups excluding tert-OH is 1. The van der Waals surface area contributed by atoms with Crippen molar-refractivity contribution in [3.8, 4) is 0 Å². The monoisotopic (exact) mass is 324 g/mol. The van der Waals surface area contributed by atoms with Crippen LogP contribution >= 0.6 is 0 Å². The first-order valence-corrected chi connectivity index (χ1v) is 7.94. The van der Waals surface area contributed by atoms with Gasteiger partial charge in [0.25, 0.3) is 0 Å². The fourth-order valence-corrected chi connectivity index (χ4v) is 3.50. The molecule has 24 heavy (non-hydrogen) atoms. The van der Waals surface area contributed by atoms with Crippen molar-refractivity contribution in [2.45, 2.75) is 33.0 Å². The Hall–Kier alpha value is -2.24. The second-order valence-electron chi connectivity index (χ2n) is 6.21. The van der Waals surface area contributed by atoms with Crippen LogP contribution in [0.4, 0.5) is 0 Å². The van der Waals surface area contributed by atoms with Crippen LogP contribution < -0.4 is 0 Å². The van der Waals surface area contributed by atoms with Crippen LogP contribution in [0.2, 0.25) is 0 Å². The van der Waals surface area contributed by atoms with Gasteiger partial charge in [0.15, 0.2) is 0 Å². The van der Waals surface area contributed by atoms with Gasteiger partial charge in [-0.15, -0.1) is 0 Å². The predicted octanol–water partition coefficient (Wildman–Crippen LogP) is 2.79. The van der Waals surface area contributed by atoms with E-state index < -0.39 is 6.10 Å². The summed E-state index contributed by atoms with van der Waals surface area (Å²) in [4.78, 5) is 10.6. The van der Waals surface area contributed by atoms with Crippen LogP contribution in [-0.4, -0.2) is 38.1 Å². The van der Waals surface area contributed by atoms with E-state index in [-0.39, 0.29) is 7.43 Å². The Labute approximate surface area is 142 Å². The second kappa shape index (κ2) is 6.71. The number of pyridine rings is 2. The summed E-state index contributed by atoms with van der Waals surface area (Å²) >= 11 is 0. The fraction of sp³-hybridized carbons (Fsp3) is 0.368. The van der Waals surface area contributed by atoms with E-state index in [1.54, 1.807) is 12.4 Å². The molecular weight excluding hydrogens is 300 g/mol. The highest BCUT2D eigenvalue weighted by Gasteiger charge is 2.23. The number of rotatable bonds is 3. The molecule has 1 unspecified atom stereocenters. The minimum Gasteiger partial charge on any atom is -0.387 e. The van der Waals surface area contributed by atoms with Crippen molar-refractivity contribution < 1.29 is 5.11 Å². The maximum atomic E-state index is 10.6. The molecular formula is C19H24N4O. The van der Waals surface area contributed by atoms with E-state index >= 15 is 0 Å². The summed E-state index contributed by atoms with van der Waals surface area (Å²) in [5.41, 5.74) is 4.71. The molecule has 0 fully saturated rings. The Kier molecular flexibility index (Phi) is 4.64. The third-order valence-corrected chi connectivity index (χ3v) is 4.69. The molecule has 0 amide bonds. The molecule has 0 saturated carbocycles. The topological polar surface area (TPSA) is 54.2 Å². The van der Waals surface area contributed by atoms with Gasteiger partial charge in [-0.25, -0.2) is 0 Å². The number of hydrogen-bond donors (Lipinski definition) is 1. The molecule has 4 heterocycles. The summed E-state index contributed by atoms with van der Waals surface area (Å²) in [6.45, 7) is 2.54. The SMILES string of the molecule is C.CN1CCc2c(c3ccncc3n2CC(O)c2ccncc2)C1. The molecule has 1 aliphatic heterocycles. The molecule has 0 saturated heterocycles. The first-order chi connectivity index (χ1) is 11.2. The molecule has 1 aliphatic rings. The zero-order chi connectivity index (χ0) is 15.8. The number of nitrogens with zero attached hydrogens (tertiary/aromatic N) is 4. The quantitative estimate of drug-likeness (QED) is 0.805. The lowest BCUT2D eigenvalue weighted by Crippen LogP contribution is -2.27. The molecule has 0 bridgehead atoms. The van der Waals surface area contributed by atoms with Crippen molar-refractivity contribution in [2.24, 2.45) is 0 Å². The summed E-state index contributed by atoms with van der Waals surface area (Å²) in [6, 6.07) is 5.83. The largest absolute Gasteiger partial charge is 0.387 e. The molecule has 0 radical (unpaired) electrons. The predicted molar refractivity (Wildman–Crippen MR) is 95.7 cm³/mol. The van der Waals surface area contributed by atoms with E-state index in [0.29, 0.717) is 6.54 Å². The molecule has 4 rings (SSSR count). The van der Waals surface area contributed by atoms with E-state index in [2.05, 4.69) is 32.5 Å². The first kappa shape index (κ1) is 16.6. The van der Waals surface area contributed by atoms with Gasteiger partial charge in [-0.3, -0.25) is 9.97 Å². The Balaban J connectivity index is 0.00000169. The lowest BCUT2D eigenvalue weighted by atomic mass is 10.1. The van der Waals surface area contributed by atoms with E-state index in [9.17, 15) is 5.11 Å². The lowest BCUT2D eigenvalue weighted by molar-refractivity contribution is 0.156. The number of hydrogen-bond acceptors (Lipinski definition) is 4. The summed E-state index contributed by atoms with van der Waals surface area (Å²) in [7, 11) is 2.15. The van der Waals surface area contributed by atoms with Crippen molar-refractivity contribution in [1.82, 2.24) is 19.4 Å². The van der Waals surface area contributed by atoms with Gasteiger partial charge in [-0.1, -0.05) is 7.43 Å². The Morgan fingerprint density at radius 3 is 2.71 bits per heavy atom. The minimum atomic E-state index is -0.544. The number of fused-ring (bicyclic) bond motifs is 3. The van der Waals surface area contributed by atoms with Crippen LogP contribution in [0.1, 0.15) is 30.4 Å². The molecule has 5 nitrogen and oxygen atoms in total. The van der Waals surface area contributed by atoms with Crippen molar-refractivity contribution >= 4 is 10.9 Å². The molecule has 1 atom stereocenters. The highest BCUT2D eigenvalue weighted by Crippen LogP contribution is 2.31. The van der Waals surface area contributed by atoms with Gasteiger partial charge >= 0.3 is 0 Å². The molecule has 5 heteroatoms. The number of aliphatic hydroxyl groups is 1. The molecule has 0 aliphatic carbocycles. The van der Waals surface area contributed by atoms with E-state index in [1.165, 1.54) is 16.6 Å². The van der Waals surface area contributed by atoms with Crippen molar-refractivity contribution in [3.63, 3.8) is 0 Å². The summed E-state index contributed by atoms with van der Waals surface area (Å²) in [5.74, 6) is 0. The average molecular weight is 324 g/mol. The normalized spacial score (nSPS) is 15.8. The third kappa shape index (κ3) is 2.81. The van der Waals surface area contributed by atoms with Crippen LogP contribution in [0.3, 0.4) is 0 Å². The van der Waals surface area contributed by atoms with E-state index in [4.69, 9.17) is 0 Å². The number of likely N-dealkylation sites (N-methyl/N-ethyl adjacent to an activating group) is 1. The van der Waals surface area contributed by atoms with Gasteiger partial charge in [0.2, 0.25) is 0 Å². The van der Waals surface area contributed by atoms with Gasteiger partial charge in [0, 0.05) is 49.2 Å². The van der Waals surface area contributed by atoms with Crippen molar-refractivity contribution in [1.29, 1.82) is 0 Å². The van der Waals surface area contributed by atoms with Gasteiger partial charge in [-0.05, 0) is 36.4 Å². The molecule has 3 aromatic heterocycles. The van der Waals surface area contributed by atoms with Crippen LogP contribution in [0.5, 0.6) is 0 Å². The van der Waals surface area contributed by atoms with E-state index in [1.807, 2.05) is 24.5 Å². The lowest BCUT2D eigenvalue weighted by Gasteiger charge is -2.25. The van der Waals surface area contributed by atoms with Crippen molar-refractivity contribution in [2.75, 3.05) is 13.6 Å². The zero-order valence-corrected chi connectivity index (χ0v) is 13.2. The van der Waals surface area contributed by atoms with Crippen molar-refractivity contribution in [3.05, 3.63) is 59.8 Å². The fourth-order valence-electron chi connectivity index (χ4n) is 3.50. The summed E-state index contributed by atoms with van der Waals surface area (Å²) < 4.78 is 2.25. The Morgan fingerprint density at radius 2 is 1.92 bits per heavy atom. The standard InChI is InChI=1S/C18H20N4O.CH4/c1-21-9-5-16-15(11-21)14-4-8-20-10-17(14)22(16)12-18(23)13-2-6-19-7-3-13;/h2-4,6-8,10,18,23H,5,9,11-12H2,1H3;1H4. The number of aromatic nitrogens is 3. The first-order valence-electron chi connectivity index (χ1n) is 7.94. The van der Waals surface area contributed by atoms with Crippen LogP contribution in [0, 0.1) is 0 Å². The second-order valence-corrected chi connectivity index (χ2v) is 6.21. The summed E-state index contributed by atoms with van der Waals surface area (Å²) in [5, 5.41) is 11.9. The van der Waals surface area contributed by atoms with E-state index in [0.717, 1.165) is 30.6 Å². The highest BCUT2D eigenvalue weighted by atomic mass is 16.3. The van der Waals surface area contributed by atoms with Gasteiger partial charge in [-0.2, -0.15) is 0 Å². The average Bonchev–Trinajstić information content (AvgIpc) is 2.89. The van der Waals surface area contributed by atoms with Crippen LogP contribution in [-0.2, 0) is 19.5 Å². The Morgan fingerprint density at radius 1 is 1.17 bits per heavy atom. The maximum absolute atomic E-state index is 10.6. The van der Waals surface area contributed by atoms with Gasteiger partial charge < -0.3 is 14.6 Å². The van der Waals surface area contributed by atoms with Crippen LogP contribution in [0.15, 0.2) is 43.0 Å².